The fourth-order valence-electron chi connectivity index (χ4n) is 2.36. The summed E-state index contributed by atoms with van der Waals surface area (Å²) in [5, 5.41) is 11.1. The zero-order valence-electron chi connectivity index (χ0n) is 11.0. The second-order valence-electron chi connectivity index (χ2n) is 4.96. The van der Waals surface area contributed by atoms with E-state index in [2.05, 4.69) is 15.9 Å². The molecule has 1 saturated heterocycles. The lowest BCUT2D eigenvalue weighted by atomic mass is 10.2. The number of halogens is 3. The van der Waals surface area contributed by atoms with E-state index in [0.29, 0.717) is 0 Å². The third-order valence-corrected chi connectivity index (χ3v) is 4.05. The third-order valence-electron chi connectivity index (χ3n) is 3.44. The lowest BCUT2D eigenvalue weighted by molar-refractivity contribution is -0.384. The van der Waals surface area contributed by atoms with Gasteiger partial charge in [0.25, 0.3) is 5.69 Å². The molecule has 0 spiro atoms. The number of rotatable bonds is 3. The highest BCUT2D eigenvalue weighted by atomic mass is 79.9. The van der Waals surface area contributed by atoms with Crippen LogP contribution in [0.4, 0.5) is 20.2 Å². The van der Waals surface area contributed by atoms with E-state index in [1.165, 1.54) is 4.90 Å². The number of nitrogens with zero attached hydrogens (tertiary/aromatic N) is 3. The van der Waals surface area contributed by atoms with Crippen LogP contribution in [0.5, 0.6) is 0 Å². The molecule has 0 radical (unpaired) electrons. The summed E-state index contributed by atoms with van der Waals surface area (Å²) in [6.45, 7) is 0.306. The van der Waals surface area contributed by atoms with E-state index in [4.69, 9.17) is 0 Å². The van der Waals surface area contributed by atoms with E-state index >= 15 is 0 Å². The van der Waals surface area contributed by atoms with Gasteiger partial charge in [-0.15, -0.1) is 0 Å². The Balaban J connectivity index is 2.38. The standard InChI is InChI=1S/C12H14BrF2N3O2/c1-16(2)12-6-17(5-9(12)15)10-4-8(14)7(13)3-11(10)18(19)20/h3-4,9,12H,5-6H2,1-2H3/t9-,12-/m1/s1. The molecule has 1 aromatic carbocycles. The van der Waals surface area contributed by atoms with E-state index in [1.54, 1.807) is 19.0 Å². The average Bonchev–Trinajstić information content (AvgIpc) is 2.74. The normalized spacial score (nSPS) is 22.6. The van der Waals surface area contributed by atoms with Crippen molar-refractivity contribution in [3.8, 4) is 0 Å². The van der Waals surface area contributed by atoms with E-state index in [9.17, 15) is 18.9 Å². The molecular formula is C12H14BrF2N3O2. The highest BCUT2D eigenvalue weighted by Crippen LogP contribution is 2.36. The summed E-state index contributed by atoms with van der Waals surface area (Å²) in [7, 11) is 3.49. The van der Waals surface area contributed by atoms with E-state index in [-0.39, 0.29) is 35.0 Å². The summed E-state index contributed by atoms with van der Waals surface area (Å²) < 4.78 is 27.6. The molecule has 0 aliphatic carbocycles. The van der Waals surface area contributed by atoms with Crippen molar-refractivity contribution in [2.24, 2.45) is 0 Å². The summed E-state index contributed by atoms with van der Waals surface area (Å²) in [5.74, 6) is -0.602. The zero-order valence-corrected chi connectivity index (χ0v) is 12.6. The van der Waals surface area contributed by atoms with Crippen molar-refractivity contribution >= 4 is 27.3 Å². The Morgan fingerprint density at radius 2 is 2.10 bits per heavy atom. The van der Waals surface area contributed by atoms with Crippen LogP contribution in [-0.4, -0.2) is 49.2 Å². The van der Waals surface area contributed by atoms with E-state index in [0.717, 1.165) is 12.1 Å². The quantitative estimate of drug-likeness (QED) is 0.621. The fourth-order valence-corrected chi connectivity index (χ4v) is 2.69. The topological polar surface area (TPSA) is 49.6 Å². The van der Waals surface area contributed by atoms with Gasteiger partial charge in [-0.3, -0.25) is 10.1 Å². The Bertz CT molecular complexity index is 542. The molecule has 0 unspecified atom stereocenters. The minimum absolute atomic E-state index is 0.0186. The number of hydrogen-bond donors (Lipinski definition) is 0. The van der Waals surface area contributed by atoms with Crippen LogP contribution in [0.15, 0.2) is 16.6 Å². The minimum Gasteiger partial charge on any atom is -0.361 e. The highest BCUT2D eigenvalue weighted by Gasteiger charge is 2.37. The molecule has 1 aromatic rings. The molecule has 2 atom stereocenters. The maximum absolute atomic E-state index is 13.9. The number of likely N-dealkylation sites (N-methyl/N-ethyl adjacent to an activating group) is 1. The molecule has 1 heterocycles. The van der Waals surface area contributed by atoms with Crippen molar-refractivity contribution in [3.05, 3.63) is 32.5 Å². The van der Waals surface area contributed by atoms with Crippen molar-refractivity contribution in [2.75, 3.05) is 32.1 Å². The SMILES string of the molecule is CN(C)[C@@H]1CN(c2cc(F)c(Br)cc2[N+](=O)[O-])C[C@H]1F. The Labute approximate surface area is 123 Å². The Morgan fingerprint density at radius 3 is 2.60 bits per heavy atom. The summed E-state index contributed by atoms with van der Waals surface area (Å²) >= 11 is 2.92. The van der Waals surface area contributed by atoms with Crippen LogP contribution in [0.2, 0.25) is 0 Å². The van der Waals surface area contributed by atoms with Gasteiger partial charge in [0.2, 0.25) is 0 Å². The molecule has 0 saturated carbocycles. The second kappa shape index (κ2) is 5.61. The molecule has 1 aliphatic heterocycles. The first-order valence-corrected chi connectivity index (χ1v) is 6.79. The van der Waals surface area contributed by atoms with E-state index in [1.807, 2.05) is 0 Å². The molecule has 0 bridgehead atoms. The van der Waals surface area contributed by atoms with Crippen molar-refractivity contribution in [1.82, 2.24) is 4.90 Å². The number of benzene rings is 1. The van der Waals surface area contributed by atoms with Gasteiger partial charge in [-0.25, -0.2) is 8.78 Å². The molecule has 5 nitrogen and oxygen atoms in total. The average molecular weight is 350 g/mol. The van der Waals surface area contributed by atoms with Gasteiger partial charge in [0.05, 0.1) is 22.0 Å². The summed E-state index contributed by atoms with van der Waals surface area (Å²) in [4.78, 5) is 13.7. The zero-order chi connectivity index (χ0) is 15.0. The van der Waals surface area contributed by atoms with Crippen molar-refractivity contribution < 1.29 is 13.7 Å². The van der Waals surface area contributed by atoms with Gasteiger partial charge in [0, 0.05) is 18.7 Å². The number of hydrogen-bond acceptors (Lipinski definition) is 4. The first-order chi connectivity index (χ1) is 9.31. The Kier molecular flexibility index (Phi) is 4.24. The predicted octanol–water partition coefficient (Wildman–Crippen LogP) is 2.58. The lowest BCUT2D eigenvalue weighted by Gasteiger charge is -2.21. The van der Waals surface area contributed by atoms with Crippen LogP contribution in [0.3, 0.4) is 0 Å². The molecule has 2 rings (SSSR count). The molecule has 0 aromatic heterocycles. The summed E-state index contributed by atoms with van der Waals surface area (Å²) in [6.07, 6.45) is -1.13. The fraction of sp³-hybridized carbons (Fsp3) is 0.500. The number of anilines is 1. The van der Waals surface area contributed by atoms with Crippen LogP contribution in [0, 0.1) is 15.9 Å². The molecule has 1 aliphatic rings. The van der Waals surface area contributed by atoms with Crippen LogP contribution in [0.1, 0.15) is 0 Å². The second-order valence-corrected chi connectivity index (χ2v) is 5.82. The van der Waals surface area contributed by atoms with Gasteiger partial charge in [-0.2, -0.15) is 0 Å². The molecule has 1 fully saturated rings. The molecule has 110 valence electrons. The van der Waals surface area contributed by atoms with Gasteiger partial charge in [-0.05, 0) is 30.0 Å². The molecular weight excluding hydrogens is 336 g/mol. The van der Waals surface area contributed by atoms with Gasteiger partial charge < -0.3 is 9.80 Å². The van der Waals surface area contributed by atoms with Crippen molar-refractivity contribution in [1.29, 1.82) is 0 Å². The van der Waals surface area contributed by atoms with Crippen LogP contribution < -0.4 is 4.90 Å². The van der Waals surface area contributed by atoms with Crippen molar-refractivity contribution in [3.63, 3.8) is 0 Å². The highest BCUT2D eigenvalue weighted by molar-refractivity contribution is 9.10. The van der Waals surface area contributed by atoms with Gasteiger partial charge in [0.1, 0.15) is 17.7 Å². The first kappa shape index (κ1) is 15.1. The minimum atomic E-state index is -1.13. The molecule has 0 N–H and O–H groups in total. The lowest BCUT2D eigenvalue weighted by Crippen LogP contribution is -2.36. The smallest absolute Gasteiger partial charge is 0.293 e. The molecule has 20 heavy (non-hydrogen) atoms. The number of nitro benzene ring substituents is 1. The largest absolute Gasteiger partial charge is 0.361 e. The number of nitro groups is 1. The molecule has 8 heteroatoms. The summed E-state index contributed by atoms with van der Waals surface area (Å²) in [6, 6.07) is 1.83. The Morgan fingerprint density at radius 1 is 1.45 bits per heavy atom. The van der Waals surface area contributed by atoms with Gasteiger partial charge in [-0.1, -0.05) is 0 Å². The van der Waals surface area contributed by atoms with E-state index < -0.39 is 16.9 Å². The maximum atomic E-state index is 13.9. The van der Waals surface area contributed by atoms with Gasteiger partial charge >= 0.3 is 0 Å². The van der Waals surface area contributed by atoms with Crippen LogP contribution in [0.25, 0.3) is 0 Å². The monoisotopic (exact) mass is 349 g/mol. The third kappa shape index (κ3) is 2.76. The number of alkyl halides is 1. The van der Waals surface area contributed by atoms with Crippen LogP contribution in [-0.2, 0) is 0 Å². The molecule has 0 amide bonds. The Hall–Kier alpha value is -1.28. The van der Waals surface area contributed by atoms with Crippen LogP contribution >= 0.6 is 15.9 Å². The van der Waals surface area contributed by atoms with Gasteiger partial charge in [0.15, 0.2) is 0 Å². The maximum Gasteiger partial charge on any atom is 0.293 e. The van der Waals surface area contributed by atoms with Crippen molar-refractivity contribution in [2.45, 2.75) is 12.2 Å². The predicted molar refractivity (Wildman–Crippen MR) is 75.3 cm³/mol. The first-order valence-electron chi connectivity index (χ1n) is 6.00. The summed E-state index contributed by atoms with van der Waals surface area (Å²) in [5.41, 5.74) is -0.118.